The molecule has 1 aliphatic rings. The number of aromatic nitrogens is 1. The number of carbonyl (C=O) groups is 3. The zero-order chi connectivity index (χ0) is 23.2. The number of thioether (sulfide) groups is 1. The molecule has 0 radical (unpaired) electrons. The first-order chi connectivity index (χ1) is 16.0. The summed E-state index contributed by atoms with van der Waals surface area (Å²) in [4.78, 5) is 38.0. The van der Waals surface area contributed by atoms with Crippen LogP contribution in [-0.4, -0.2) is 51.1 Å². The summed E-state index contributed by atoms with van der Waals surface area (Å²) in [6.45, 7) is 0.0206. The van der Waals surface area contributed by atoms with Crippen LogP contribution in [-0.2, 0) is 14.4 Å². The lowest BCUT2D eigenvalue weighted by Crippen LogP contribution is -2.32. The number of carbonyl (C=O) groups excluding carboxylic acids is 2. The van der Waals surface area contributed by atoms with Gasteiger partial charge in [-0.1, -0.05) is 60.3 Å². The molecule has 1 aliphatic heterocycles. The lowest BCUT2D eigenvalue weighted by atomic mass is 10.1. The van der Waals surface area contributed by atoms with E-state index in [4.69, 9.17) is 5.11 Å². The Labute approximate surface area is 193 Å². The van der Waals surface area contributed by atoms with Crippen LogP contribution in [0.1, 0.15) is 18.4 Å². The molecular formula is C23H21N5O4S. The minimum atomic E-state index is -0.999. The average molecular weight is 464 g/mol. The highest BCUT2D eigenvalue weighted by molar-refractivity contribution is 8.15. The predicted molar refractivity (Wildman–Crippen MR) is 128 cm³/mol. The molecule has 168 valence electrons. The molecule has 1 aromatic heterocycles. The fourth-order valence-electron chi connectivity index (χ4n) is 3.41. The molecule has 2 aromatic carbocycles. The van der Waals surface area contributed by atoms with Gasteiger partial charge in [0.15, 0.2) is 5.17 Å². The van der Waals surface area contributed by atoms with Crippen molar-refractivity contribution in [3.8, 4) is 11.3 Å². The Morgan fingerprint density at radius 1 is 1.12 bits per heavy atom. The fraction of sp³-hybridized carbons (Fsp3) is 0.174. The Bertz CT molecular complexity index is 1250. The van der Waals surface area contributed by atoms with E-state index in [1.165, 1.54) is 0 Å². The van der Waals surface area contributed by atoms with Gasteiger partial charge in [-0.05, 0) is 11.6 Å². The molecule has 9 nitrogen and oxygen atoms in total. The number of carboxylic acids is 1. The van der Waals surface area contributed by atoms with Crippen LogP contribution in [0.15, 0.2) is 64.8 Å². The summed E-state index contributed by atoms with van der Waals surface area (Å²) in [6.07, 6.45) is 1.41. The van der Waals surface area contributed by atoms with Crippen molar-refractivity contribution in [1.29, 1.82) is 0 Å². The Balaban J connectivity index is 1.47. The number of amidine groups is 1. The van der Waals surface area contributed by atoms with E-state index in [2.05, 4.69) is 25.8 Å². The first-order valence-electron chi connectivity index (χ1n) is 10.2. The van der Waals surface area contributed by atoms with Crippen molar-refractivity contribution < 1.29 is 19.5 Å². The highest BCUT2D eigenvalue weighted by atomic mass is 32.2. The van der Waals surface area contributed by atoms with Gasteiger partial charge >= 0.3 is 5.97 Å². The van der Waals surface area contributed by atoms with E-state index < -0.39 is 11.2 Å². The molecule has 4 N–H and O–H groups in total. The number of nitrogens with one attached hydrogen (secondary N) is 3. The molecule has 3 aromatic rings. The van der Waals surface area contributed by atoms with E-state index in [0.29, 0.717) is 5.17 Å². The fourth-order valence-corrected chi connectivity index (χ4v) is 4.33. The van der Waals surface area contributed by atoms with Crippen LogP contribution >= 0.6 is 11.8 Å². The van der Waals surface area contributed by atoms with Crippen LogP contribution in [0.2, 0.25) is 0 Å². The third-order valence-corrected chi connectivity index (χ3v) is 6.02. The number of aromatic amines is 1. The van der Waals surface area contributed by atoms with Gasteiger partial charge < -0.3 is 20.7 Å². The van der Waals surface area contributed by atoms with Gasteiger partial charge in [0.05, 0.1) is 18.3 Å². The molecule has 10 heteroatoms. The summed E-state index contributed by atoms with van der Waals surface area (Å²) in [5, 5.41) is 22.7. The summed E-state index contributed by atoms with van der Waals surface area (Å²) in [5.41, 5.74) is 3.79. The van der Waals surface area contributed by atoms with E-state index in [1.54, 1.807) is 6.21 Å². The summed E-state index contributed by atoms with van der Waals surface area (Å²) >= 11 is 1.12. The van der Waals surface area contributed by atoms with Crippen molar-refractivity contribution in [2.45, 2.75) is 18.1 Å². The molecule has 0 aliphatic carbocycles. The zero-order valence-electron chi connectivity index (χ0n) is 17.4. The largest absolute Gasteiger partial charge is 0.481 e. The van der Waals surface area contributed by atoms with E-state index >= 15 is 0 Å². The second kappa shape index (κ2) is 10.1. The normalized spacial score (nSPS) is 17.0. The van der Waals surface area contributed by atoms with Crippen LogP contribution in [0.4, 0.5) is 0 Å². The minimum Gasteiger partial charge on any atom is -0.481 e. The smallest absolute Gasteiger partial charge is 0.305 e. The lowest BCUT2D eigenvalue weighted by molar-refractivity contribution is -0.137. The molecule has 4 rings (SSSR count). The van der Waals surface area contributed by atoms with Crippen LogP contribution in [0.25, 0.3) is 22.2 Å². The van der Waals surface area contributed by atoms with Crippen molar-refractivity contribution in [1.82, 2.24) is 15.6 Å². The second-order valence-corrected chi connectivity index (χ2v) is 8.46. The van der Waals surface area contributed by atoms with Gasteiger partial charge in [-0.2, -0.15) is 5.10 Å². The van der Waals surface area contributed by atoms with Gasteiger partial charge in [0.25, 0.3) is 0 Å². The van der Waals surface area contributed by atoms with Crippen molar-refractivity contribution in [2.24, 2.45) is 10.2 Å². The summed E-state index contributed by atoms with van der Waals surface area (Å²) in [5.74, 6) is -1.72. The molecule has 2 amide bonds. The third-order valence-electron chi connectivity index (χ3n) is 4.95. The van der Waals surface area contributed by atoms with Gasteiger partial charge in [-0.25, -0.2) is 0 Å². The molecule has 1 fully saturated rings. The third kappa shape index (κ3) is 5.47. The van der Waals surface area contributed by atoms with E-state index in [1.807, 2.05) is 54.6 Å². The van der Waals surface area contributed by atoms with Crippen LogP contribution < -0.4 is 10.6 Å². The number of H-pyrrole nitrogens is 1. The highest BCUT2D eigenvalue weighted by Crippen LogP contribution is 2.29. The molecule has 0 saturated carbocycles. The number of para-hydroxylation sites is 1. The molecule has 1 saturated heterocycles. The summed E-state index contributed by atoms with van der Waals surface area (Å²) in [7, 11) is 0. The molecular weight excluding hydrogens is 442 g/mol. The number of rotatable bonds is 8. The molecule has 1 atom stereocenters. The van der Waals surface area contributed by atoms with E-state index in [0.717, 1.165) is 39.5 Å². The minimum absolute atomic E-state index is 0.0206. The quantitative estimate of drug-likeness (QED) is 0.301. The monoisotopic (exact) mass is 463 g/mol. The average Bonchev–Trinajstić information content (AvgIpc) is 3.34. The number of carboxylic acid groups (broad SMARTS) is 1. The Morgan fingerprint density at radius 3 is 2.67 bits per heavy atom. The Kier molecular flexibility index (Phi) is 6.84. The van der Waals surface area contributed by atoms with Crippen molar-refractivity contribution >= 4 is 51.8 Å². The van der Waals surface area contributed by atoms with Crippen molar-refractivity contribution in [3.63, 3.8) is 0 Å². The van der Waals surface area contributed by atoms with Gasteiger partial charge in [0.1, 0.15) is 5.25 Å². The van der Waals surface area contributed by atoms with Crippen molar-refractivity contribution in [3.05, 3.63) is 60.2 Å². The zero-order valence-corrected chi connectivity index (χ0v) is 18.3. The molecule has 0 bridgehead atoms. The SMILES string of the molecule is O=C(O)CCNC(=O)C[C@@H]1S/C(=N\N=C\c2c(-c3ccccc3)[nH]c3ccccc23)NC1=O. The topological polar surface area (TPSA) is 136 Å². The van der Waals surface area contributed by atoms with E-state index in [9.17, 15) is 14.4 Å². The Morgan fingerprint density at radius 2 is 1.88 bits per heavy atom. The molecule has 0 spiro atoms. The first-order valence-corrected chi connectivity index (χ1v) is 11.1. The number of hydrogen-bond acceptors (Lipinski definition) is 6. The molecule has 2 heterocycles. The van der Waals surface area contributed by atoms with Gasteiger partial charge in [0, 0.05) is 29.4 Å². The standard InChI is InChI=1S/C23H21N5O4S/c29-19(24-11-10-20(30)31)12-18-22(32)27-23(33-18)28-25-13-16-15-8-4-5-9-17(15)26-21(16)14-6-2-1-3-7-14/h1-9,13,18,26H,10-12H2,(H,24,29)(H,30,31)(H,27,28,32)/b25-13+/t18-/m0/s1. The second-order valence-electron chi connectivity index (χ2n) is 7.27. The maximum atomic E-state index is 12.2. The number of benzene rings is 2. The van der Waals surface area contributed by atoms with E-state index in [-0.39, 0.29) is 31.2 Å². The number of hydrogen-bond donors (Lipinski definition) is 4. The van der Waals surface area contributed by atoms with Crippen LogP contribution in [0.3, 0.4) is 0 Å². The van der Waals surface area contributed by atoms with Gasteiger partial charge in [-0.3, -0.25) is 14.4 Å². The molecule has 0 unspecified atom stereocenters. The first kappa shape index (κ1) is 22.3. The lowest BCUT2D eigenvalue weighted by Gasteiger charge is -2.05. The maximum Gasteiger partial charge on any atom is 0.305 e. The van der Waals surface area contributed by atoms with Crippen LogP contribution in [0.5, 0.6) is 0 Å². The summed E-state index contributed by atoms with van der Waals surface area (Å²) < 4.78 is 0. The maximum absolute atomic E-state index is 12.2. The Hall–Kier alpha value is -3.92. The number of nitrogens with zero attached hydrogens (tertiary/aromatic N) is 2. The number of fused-ring (bicyclic) bond motifs is 1. The van der Waals surface area contributed by atoms with Gasteiger partial charge in [0.2, 0.25) is 11.8 Å². The number of amides is 2. The van der Waals surface area contributed by atoms with Gasteiger partial charge in [-0.15, -0.1) is 5.10 Å². The van der Waals surface area contributed by atoms with Crippen LogP contribution in [0, 0.1) is 0 Å². The molecule has 33 heavy (non-hydrogen) atoms. The number of aliphatic carboxylic acids is 1. The van der Waals surface area contributed by atoms with Crippen molar-refractivity contribution in [2.75, 3.05) is 6.54 Å². The highest BCUT2D eigenvalue weighted by Gasteiger charge is 2.32. The summed E-state index contributed by atoms with van der Waals surface area (Å²) in [6, 6.07) is 17.8. The predicted octanol–water partition coefficient (Wildman–Crippen LogP) is 2.74.